The van der Waals surface area contributed by atoms with E-state index in [1.807, 2.05) is 24.3 Å². The Morgan fingerprint density at radius 2 is 2.00 bits per heavy atom. The summed E-state index contributed by atoms with van der Waals surface area (Å²) in [6, 6.07) is 7.82. The number of hydrogen-bond acceptors (Lipinski definition) is 2. The second kappa shape index (κ2) is 6.38. The Hall–Kier alpha value is -1.37. The molecule has 0 atom stereocenters. The van der Waals surface area contributed by atoms with Gasteiger partial charge in [0.1, 0.15) is 8.07 Å². The largest absolute Gasteiger partial charge is 0.396 e. The lowest BCUT2D eigenvalue weighted by Crippen LogP contribution is -2.16. The first kappa shape index (κ1) is 13.7. The van der Waals surface area contributed by atoms with Crippen LogP contribution < -0.4 is 0 Å². The molecule has 0 aliphatic carbocycles. The normalized spacial score (nSPS) is 11.3. The van der Waals surface area contributed by atoms with Gasteiger partial charge in [0.15, 0.2) is 0 Å². The molecule has 0 amide bonds. The zero-order chi connectivity index (χ0) is 12.7. The highest BCUT2D eigenvalue weighted by Gasteiger charge is 2.06. The van der Waals surface area contributed by atoms with Gasteiger partial charge < -0.3 is 5.11 Å². The van der Waals surface area contributed by atoms with Gasteiger partial charge in [-0.05, 0) is 18.1 Å². The van der Waals surface area contributed by atoms with Gasteiger partial charge in [-0.3, -0.25) is 0 Å². The molecule has 1 aromatic carbocycles. The van der Waals surface area contributed by atoms with Gasteiger partial charge in [0.05, 0.1) is 11.9 Å². The Balaban J connectivity index is 2.80. The van der Waals surface area contributed by atoms with Crippen LogP contribution in [0.25, 0.3) is 0 Å². The first-order valence-electron chi connectivity index (χ1n) is 5.77. The fraction of sp³-hybridized carbons (Fsp3) is 0.357. The Labute approximate surface area is 104 Å². The first-order valence-corrected chi connectivity index (χ1v) is 9.27. The Kier molecular flexibility index (Phi) is 5.14. The maximum atomic E-state index is 8.95. The van der Waals surface area contributed by atoms with E-state index in [1.165, 1.54) is 0 Å². The van der Waals surface area contributed by atoms with Gasteiger partial charge >= 0.3 is 0 Å². The van der Waals surface area contributed by atoms with Crippen molar-refractivity contribution < 1.29 is 5.11 Å². The summed E-state index contributed by atoms with van der Waals surface area (Å²) in [4.78, 5) is 4.34. The Morgan fingerprint density at radius 3 is 2.65 bits per heavy atom. The van der Waals surface area contributed by atoms with Crippen LogP contribution in [-0.2, 0) is 6.42 Å². The van der Waals surface area contributed by atoms with Crippen molar-refractivity contribution in [2.45, 2.75) is 26.1 Å². The predicted octanol–water partition coefficient (Wildman–Crippen LogP) is 2.80. The fourth-order valence-corrected chi connectivity index (χ4v) is 1.82. The maximum absolute atomic E-state index is 8.95. The van der Waals surface area contributed by atoms with Crippen LogP contribution in [-0.4, -0.2) is 26.0 Å². The van der Waals surface area contributed by atoms with Gasteiger partial charge in [0.2, 0.25) is 0 Å². The first-order chi connectivity index (χ1) is 8.03. The van der Waals surface area contributed by atoms with E-state index in [1.54, 1.807) is 6.21 Å². The third-order valence-electron chi connectivity index (χ3n) is 2.09. The molecule has 0 heterocycles. The Bertz CT molecular complexity index is 449. The van der Waals surface area contributed by atoms with Gasteiger partial charge in [-0.25, -0.2) is 4.99 Å². The van der Waals surface area contributed by atoms with Gasteiger partial charge in [-0.15, -0.1) is 5.54 Å². The minimum absolute atomic E-state index is 0.146. The molecule has 17 heavy (non-hydrogen) atoms. The second-order valence-electron chi connectivity index (χ2n) is 4.88. The summed E-state index contributed by atoms with van der Waals surface area (Å²) in [5, 5.41) is 8.95. The molecule has 1 N–H and O–H groups in total. The van der Waals surface area contributed by atoms with Gasteiger partial charge in [0, 0.05) is 6.61 Å². The molecule has 3 heteroatoms. The summed E-state index contributed by atoms with van der Waals surface area (Å²) in [6.07, 6.45) is 2.30. The molecule has 0 unspecified atom stereocenters. The molecule has 0 saturated carbocycles. The van der Waals surface area contributed by atoms with E-state index in [-0.39, 0.29) is 6.61 Å². The van der Waals surface area contributed by atoms with Crippen molar-refractivity contribution in [2.75, 3.05) is 6.61 Å². The number of nitrogens with zero attached hydrogens (tertiary/aromatic N) is 1. The molecule has 0 spiro atoms. The van der Waals surface area contributed by atoms with Crippen molar-refractivity contribution in [1.29, 1.82) is 0 Å². The highest BCUT2D eigenvalue weighted by atomic mass is 28.3. The molecule has 90 valence electrons. The average Bonchev–Trinajstić information content (AvgIpc) is 2.25. The highest BCUT2D eigenvalue weighted by Crippen LogP contribution is 2.18. The summed E-state index contributed by atoms with van der Waals surface area (Å²) in [5.74, 6) is 3.00. The summed E-state index contributed by atoms with van der Waals surface area (Å²) >= 11 is 0. The van der Waals surface area contributed by atoms with Crippen LogP contribution in [0.4, 0.5) is 5.69 Å². The summed E-state index contributed by atoms with van der Waals surface area (Å²) in [7, 11) is -1.32. The number of aliphatic imine (C=N–C) groups is 1. The second-order valence-corrected chi connectivity index (χ2v) is 9.63. The number of aliphatic hydroxyl groups is 1. The topological polar surface area (TPSA) is 32.6 Å². The smallest absolute Gasteiger partial charge is 0.129 e. The lowest BCUT2D eigenvalue weighted by molar-refractivity contribution is 0.300. The van der Waals surface area contributed by atoms with E-state index in [0.717, 1.165) is 11.3 Å². The molecular weight excluding hydrogens is 226 g/mol. The van der Waals surface area contributed by atoms with E-state index in [9.17, 15) is 0 Å². The SMILES string of the molecule is C[Si](C)(C)C#CC=Nc1ccccc1CCO. The standard InChI is InChI=1S/C14H19NOSi/c1-17(2,3)12-6-10-15-14-8-5-4-7-13(14)9-11-16/h4-5,7-8,10,16H,9,11H2,1-3H3. The summed E-state index contributed by atoms with van der Waals surface area (Å²) in [6.45, 7) is 6.75. The summed E-state index contributed by atoms with van der Waals surface area (Å²) < 4.78 is 0. The third kappa shape index (κ3) is 5.48. The van der Waals surface area contributed by atoms with Crippen LogP contribution in [0.1, 0.15) is 5.56 Å². The van der Waals surface area contributed by atoms with Crippen LogP contribution in [0.5, 0.6) is 0 Å². The molecule has 0 saturated heterocycles. The average molecular weight is 245 g/mol. The summed E-state index contributed by atoms with van der Waals surface area (Å²) in [5.41, 5.74) is 5.19. The van der Waals surface area contributed by atoms with E-state index in [4.69, 9.17) is 5.11 Å². The monoisotopic (exact) mass is 245 g/mol. The number of rotatable bonds is 3. The van der Waals surface area contributed by atoms with Gasteiger partial charge in [0.25, 0.3) is 0 Å². The van der Waals surface area contributed by atoms with Crippen molar-refractivity contribution in [1.82, 2.24) is 0 Å². The molecule has 0 aliphatic heterocycles. The molecule has 0 aliphatic rings. The van der Waals surface area contributed by atoms with Crippen LogP contribution in [0.15, 0.2) is 29.3 Å². The molecule has 0 bridgehead atoms. The zero-order valence-corrected chi connectivity index (χ0v) is 11.7. The molecule has 1 rings (SSSR count). The highest BCUT2D eigenvalue weighted by molar-refractivity contribution is 6.84. The number of para-hydroxylation sites is 1. The molecule has 0 fully saturated rings. The van der Waals surface area contributed by atoms with E-state index in [2.05, 4.69) is 36.1 Å². The number of aliphatic hydroxyl groups excluding tert-OH is 1. The van der Waals surface area contributed by atoms with Crippen molar-refractivity contribution >= 4 is 20.0 Å². The minimum atomic E-state index is -1.32. The van der Waals surface area contributed by atoms with Crippen molar-refractivity contribution in [2.24, 2.45) is 4.99 Å². The van der Waals surface area contributed by atoms with E-state index < -0.39 is 8.07 Å². The number of benzene rings is 1. The molecular formula is C14H19NOSi. The molecule has 1 aromatic rings. The lowest BCUT2D eigenvalue weighted by atomic mass is 10.1. The minimum Gasteiger partial charge on any atom is -0.396 e. The molecule has 0 radical (unpaired) electrons. The van der Waals surface area contributed by atoms with Gasteiger partial charge in [-0.2, -0.15) is 0 Å². The lowest BCUT2D eigenvalue weighted by Gasteiger charge is -2.03. The quantitative estimate of drug-likeness (QED) is 0.496. The predicted molar refractivity (Wildman–Crippen MR) is 76.5 cm³/mol. The molecule has 2 nitrogen and oxygen atoms in total. The van der Waals surface area contributed by atoms with Crippen LogP contribution in [0, 0.1) is 11.5 Å². The van der Waals surface area contributed by atoms with Crippen LogP contribution in [0.3, 0.4) is 0 Å². The van der Waals surface area contributed by atoms with Crippen molar-refractivity contribution in [3.63, 3.8) is 0 Å². The Morgan fingerprint density at radius 1 is 1.29 bits per heavy atom. The van der Waals surface area contributed by atoms with Crippen LogP contribution in [0.2, 0.25) is 19.6 Å². The van der Waals surface area contributed by atoms with Gasteiger partial charge in [-0.1, -0.05) is 43.8 Å². The van der Waals surface area contributed by atoms with Crippen molar-refractivity contribution in [3.05, 3.63) is 29.8 Å². The van der Waals surface area contributed by atoms with Crippen LogP contribution >= 0.6 is 0 Å². The molecule has 0 aromatic heterocycles. The number of hydrogen-bond donors (Lipinski definition) is 1. The zero-order valence-electron chi connectivity index (χ0n) is 10.7. The van der Waals surface area contributed by atoms with Crippen molar-refractivity contribution in [3.8, 4) is 11.5 Å². The fourth-order valence-electron chi connectivity index (χ4n) is 1.32. The maximum Gasteiger partial charge on any atom is 0.129 e. The third-order valence-corrected chi connectivity index (χ3v) is 2.98. The van der Waals surface area contributed by atoms with E-state index in [0.29, 0.717) is 6.42 Å². The van der Waals surface area contributed by atoms with E-state index >= 15 is 0 Å².